The van der Waals surface area contributed by atoms with Gasteiger partial charge >= 0.3 is 0 Å². The van der Waals surface area contributed by atoms with Gasteiger partial charge in [-0.25, -0.2) is 0 Å². The molecule has 0 saturated heterocycles. The average molecular weight is 226 g/mol. The highest BCUT2D eigenvalue weighted by molar-refractivity contribution is 5.68. The summed E-state index contributed by atoms with van der Waals surface area (Å²) >= 11 is 0. The molecule has 4 N–H and O–H groups in total. The van der Waals surface area contributed by atoms with Crippen molar-refractivity contribution in [3.05, 3.63) is 59.2 Å². The minimum Gasteiger partial charge on any atom is -0.326 e. The van der Waals surface area contributed by atoms with E-state index in [1.165, 1.54) is 22.3 Å². The third-order valence-corrected chi connectivity index (χ3v) is 3.00. The summed E-state index contributed by atoms with van der Waals surface area (Å²) in [4.78, 5) is 0. The molecule has 0 bridgehead atoms. The quantitative estimate of drug-likeness (QED) is 0.845. The minimum absolute atomic E-state index is 0.577. The Kier molecular flexibility index (Phi) is 3.57. The third-order valence-electron chi connectivity index (χ3n) is 3.00. The number of benzene rings is 2. The van der Waals surface area contributed by atoms with Gasteiger partial charge in [0.05, 0.1) is 0 Å². The molecule has 88 valence electrons. The Bertz CT molecular complexity index is 518. The molecular weight excluding hydrogens is 208 g/mol. The van der Waals surface area contributed by atoms with Gasteiger partial charge in [-0.2, -0.15) is 0 Å². The van der Waals surface area contributed by atoms with Gasteiger partial charge in [-0.3, -0.25) is 0 Å². The minimum atomic E-state index is 0.577. The summed E-state index contributed by atoms with van der Waals surface area (Å²) in [6, 6.07) is 14.7. The largest absolute Gasteiger partial charge is 0.326 e. The Morgan fingerprint density at radius 2 is 1.59 bits per heavy atom. The summed E-state index contributed by atoms with van der Waals surface area (Å²) < 4.78 is 0. The van der Waals surface area contributed by atoms with Crippen LogP contribution in [0.25, 0.3) is 11.1 Å². The van der Waals surface area contributed by atoms with Crippen molar-refractivity contribution < 1.29 is 0 Å². The van der Waals surface area contributed by atoms with Crippen LogP contribution < -0.4 is 11.5 Å². The van der Waals surface area contributed by atoms with Crippen molar-refractivity contribution in [2.75, 3.05) is 0 Å². The van der Waals surface area contributed by atoms with E-state index in [1.54, 1.807) is 0 Å². The van der Waals surface area contributed by atoms with E-state index in [-0.39, 0.29) is 0 Å². The standard InChI is InChI=1S/C15H18N2/c1-11-7-13(10-17)5-6-15(11)14-4-2-3-12(8-14)9-16/h2-8H,9-10,16-17H2,1H3. The summed E-state index contributed by atoms with van der Waals surface area (Å²) in [6.45, 7) is 3.28. The van der Waals surface area contributed by atoms with Crippen LogP contribution in [0.3, 0.4) is 0 Å². The molecule has 0 radical (unpaired) electrons. The maximum atomic E-state index is 5.66. The molecule has 0 unspecified atom stereocenters. The second-order valence-electron chi connectivity index (χ2n) is 4.26. The highest BCUT2D eigenvalue weighted by Crippen LogP contribution is 2.25. The van der Waals surface area contributed by atoms with Gasteiger partial charge in [0.25, 0.3) is 0 Å². The van der Waals surface area contributed by atoms with Crippen molar-refractivity contribution in [1.29, 1.82) is 0 Å². The van der Waals surface area contributed by atoms with Crippen molar-refractivity contribution in [3.63, 3.8) is 0 Å². The van der Waals surface area contributed by atoms with E-state index < -0.39 is 0 Å². The van der Waals surface area contributed by atoms with Crippen molar-refractivity contribution in [2.24, 2.45) is 11.5 Å². The first-order valence-electron chi connectivity index (χ1n) is 5.83. The molecule has 0 aliphatic rings. The molecule has 0 aliphatic heterocycles. The number of aryl methyl sites for hydroxylation is 1. The summed E-state index contributed by atoms with van der Waals surface area (Å²) in [5, 5.41) is 0. The van der Waals surface area contributed by atoms with E-state index >= 15 is 0 Å². The zero-order valence-electron chi connectivity index (χ0n) is 10.1. The molecule has 2 aromatic carbocycles. The fourth-order valence-corrected chi connectivity index (χ4v) is 2.04. The zero-order valence-corrected chi connectivity index (χ0v) is 10.1. The molecule has 17 heavy (non-hydrogen) atoms. The summed E-state index contributed by atoms with van der Waals surface area (Å²) in [5.74, 6) is 0. The Labute approximate surface area is 102 Å². The third kappa shape index (κ3) is 2.54. The maximum Gasteiger partial charge on any atom is 0.0178 e. The van der Waals surface area contributed by atoms with Crippen LogP contribution in [0, 0.1) is 6.92 Å². The van der Waals surface area contributed by atoms with E-state index in [0.717, 1.165) is 5.56 Å². The first kappa shape index (κ1) is 11.8. The molecule has 0 atom stereocenters. The topological polar surface area (TPSA) is 52.0 Å². The Balaban J connectivity index is 2.45. The summed E-state index contributed by atoms with van der Waals surface area (Å²) in [6.07, 6.45) is 0. The van der Waals surface area contributed by atoms with Gasteiger partial charge in [0.1, 0.15) is 0 Å². The molecule has 2 rings (SSSR count). The van der Waals surface area contributed by atoms with Gasteiger partial charge in [0.2, 0.25) is 0 Å². The number of hydrogen-bond donors (Lipinski definition) is 2. The van der Waals surface area contributed by atoms with Gasteiger partial charge in [0, 0.05) is 13.1 Å². The molecule has 0 aliphatic carbocycles. The summed E-state index contributed by atoms with van der Waals surface area (Å²) in [7, 11) is 0. The van der Waals surface area contributed by atoms with Crippen LogP contribution in [0.1, 0.15) is 16.7 Å². The van der Waals surface area contributed by atoms with Gasteiger partial charge in [-0.1, -0.05) is 36.4 Å². The smallest absolute Gasteiger partial charge is 0.0178 e. The normalized spacial score (nSPS) is 10.5. The lowest BCUT2D eigenvalue weighted by Crippen LogP contribution is -1.98. The molecule has 2 heteroatoms. The van der Waals surface area contributed by atoms with Gasteiger partial charge in [-0.15, -0.1) is 0 Å². The van der Waals surface area contributed by atoms with Gasteiger partial charge < -0.3 is 11.5 Å². The van der Waals surface area contributed by atoms with E-state index in [1.807, 2.05) is 12.1 Å². The lowest BCUT2D eigenvalue weighted by molar-refractivity contribution is 1.06. The second-order valence-corrected chi connectivity index (χ2v) is 4.26. The Morgan fingerprint density at radius 3 is 2.24 bits per heavy atom. The molecule has 0 amide bonds. The second kappa shape index (κ2) is 5.13. The fraction of sp³-hybridized carbons (Fsp3) is 0.200. The van der Waals surface area contributed by atoms with Crippen molar-refractivity contribution >= 4 is 0 Å². The molecule has 0 heterocycles. The van der Waals surface area contributed by atoms with Gasteiger partial charge in [-0.05, 0) is 40.8 Å². The molecule has 2 aromatic rings. The molecule has 0 saturated carbocycles. The molecule has 0 aromatic heterocycles. The highest BCUT2D eigenvalue weighted by Gasteiger charge is 2.03. The number of hydrogen-bond acceptors (Lipinski definition) is 2. The van der Waals surface area contributed by atoms with Crippen LogP contribution in [0.5, 0.6) is 0 Å². The molecular formula is C15H18N2. The van der Waals surface area contributed by atoms with E-state index in [4.69, 9.17) is 11.5 Å². The van der Waals surface area contributed by atoms with Crippen LogP contribution >= 0.6 is 0 Å². The van der Waals surface area contributed by atoms with Crippen LogP contribution in [-0.2, 0) is 13.1 Å². The lowest BCUT2D eigenvalue weighted by atomic mass is 9.97. The first-order valence-corrected chi connectivity index (χ1v) is 5.83. The highest BCUT2D eigenvalue weighted by atomic mass is 14.5. The Hall–Kier alpha value is -1.64. The molecule has 0 spiro atoms. The number of rotatable bonds is 3. The molecule has 2 nitrogen and oxygen atoms in total. The Morgan fingerprint density at radius 1 is 0.882 bits per heavy atom. The maximum absolute atomic E-state index is 5.66. The van der Waals surface area contributed by atoms with Crippen LogP contribution in [0.15, 0.2) is 42.5 Å². The van der Waals surface area contributed by atoms with Crippen molar-refractivity contribution in [2.45, 2.75) is 20.0 Å². The van der Waals surface area contributed by atoms with Crippen LogP contribution in [-0.4, -0.2) is 0 Å². The first-order chi connectivity index (χ1) is 8.24. The summed E-state index contributed by atoms with van der Waals surface area (Å²) in [5.41, 5.74) is 17.3. The number of nitrogens with two attached hydrogens (primary N) is 2. The molecule has 0 fully saturated rings. The lowest BCUT2D eigenvalue weighted by Gasteiger charge is -2.09. The van der Waals surface area contributed by atoms with Gasteiger partial charge in [0.15, 0.2) is 0 Å². The SMILES string of the molecule is Cc1cc(CN)ccc1-c1cccc(CN)c1. The average Bonchev–Trinajstić information content (AvgIpc) is 2.38. The van der Waals surface area contributed by atoms with E-state index in [2.05, 4.69) is 37.3 Å². The van der Waals surface area contributed by atoms with E-state index in [0.29, 0.717) is 13.1 Å². The van der Waals surface area contributed by atoms with E-state index in [9.17, 15) is 0 Å². The monoisotopic (exact) mass is 226 g/mol. The fourth-order valence-electron chi connectivity index (χ4n) is 2.04. The van der Waals surface area contributed by atoms with Crippen LogP contribution in [0.2, 0.25) is 0 Å². The predicted octanol–water partition coefficient (Wildman–Crippen LogP) is 2.58. The predicted molar refractivity (Wildman–Crippen MR) is 72.4 cm³/mol. The zero-order chi connectivity index (χ0) is 12.3. The van der Waals surface area contributed by atoms with Crippen LogP contribution in [0.4, 0.5) is 0 Å². The van der Waals surface area contributed by atoms with Crippen molar-refractivity contribution in [3.8, 4) is 11.1 Å². The van der Waals surface area contributed by atoms with Crippen molar-refractivity contribution in [1.82, 2.24) is 0 Å².